The lowest BCUT2D eigenvalue weighted by Gasteiger charge is -2.36. The van der Waals surface area contributed by atoms with Gasteiger partial charge in [0, 0.05) is 53.4 Å². The molecule has 3 N–H and O–H groups in total. The minimum Gasteiger partial charge on any atom is -0.388 e. The number of hydrogen-bond acceptors (Lipinski definition) is 5. The topological polar surface area (TPSA) is 85.0 Å². The summed E-state index contributed by atoms with van der Waals surface area (Å²) in [5.41, 5.74) is 4.93. The number of amides is 1. The molecule has 1 amide bonds. The average molecular weight is 260 g/mol. The molecule has 1 atom stereocenters. The van der Waals surface area contributed by atoms with E-state index in [0.29, 0.717) is 45.6 Å². The van der Waals surface area contributed by atoms with Crippen molar-refractivity contribution < 1.29 is 19.4 Å². The van der Waals surface area contributed by atoms with Gasteiger partial charge in [-0.15, -0.1) is 0 Å². The number of likely N-dealkylation sites (N-methyl/N-ethyl adjacent to an activating group) is 1. The zero-order valence-electron chi connectivity index (χ0n) is 11.2. The quantitative estimate of drug-likeness (QED) is 0.663. The maximum Gasteiger partial charge on any atom is 0.239 e. The van der Waals surface area contributed by atoms with Gasteiger partial charge in [-0.3, -0.25) is 4.79 Å². The minimum absolute atomic E-state index is 0.160. The largest absolute Gasteiger partial charge is 0.388 e. The van der Waals surface area contributed by atoms with Crippen molar-refractivity contribution in [2.75, 3.05) is 40.5 Å². The fourth-order valence-corrected chi connectivity index (χ4v) is 2.08. The van der Waals surface area contributed by atoms with Crippen LogP contribution < -0.4 is 5.73 Å². The summed E-state index contributed by atoms with van der Waals surface area (Å²) >= 11 is 0. The van der Waals surface area contributed by atoms with Crippen molar-refractivity contribution in [1.29, 1.82) is 0 Å². The van der Waals surface area contributed by atoms with E-state index in [1.54, 1.807) is 14.2 Å². The first-order chi connectivity index (χ1) is 8.48. The third-order valence-electron chi connectivity index (χ3n) is 3.28. The minimum atomic E-state index is -0.844. The van der Waals surface area contributed by atoms with Crippen LogP contribution in [0.2, 0.25) is 0 Å². The molecule has 0 aromatic carbocycles. The Bertz CT molecular complexity index is 267. The molecule has 1 heterocycles. The Morgan fingerprint density at radius 2 is 2.17 bits per heavy atom. The van der Waals surface area contributed by atoms with Crippen molar-refractivity contribution in [2.45, 2.75) is 30.9 Å². The lowest BCUT2D eigenvalue weighted by Crippen LogP contribution is -2.51. The van der Waals surface area contributed by atoms with Crippen LogP contribution in [0.15, 0.2) is 0 Å². The SMILES string of the molecule is COCCC(N)C(=O)N(C)CC1(O)CCOCC1. The zero-order chi connectivity index (χ0) is 13.6. The highest BCUT2D eigenvalue weighted by Crippen LogP contribution is 2.21. The summed E-state index contributed by atoms with van der Waals surface area (Å²) in [6.45, 7) is 1.83. The van der Waals surface area contributed by atoms with E-state index in [-0.39, 0.29) is 5.91 Å². The summed E-state index contributed by atoms with van der Waals surface area (Å²) in [5.74, 6) is -0.160. The molecule has 0 radical (unpaired) electrons. The van der Waals surface area contributed by atoms with E-state index >= 15 is 0 Å². The summed E-state index contributed by atoms with van der Waals surface area (Å²) in [6.07, 6.45) is 1.59. The highest BCUT2D eigenvalue weighted by atomic mass is 16.5. The Hall–Kier alpha value is -0.690. The summed E-state index contributed by atoms with van der Waals surface area (Å²) in [5, 5.41) is 10.3. The monoisotopic (exact) mass is 260 g/mol. The van der Waals surface area contributed by atoms with E-state index in [1.807, 2.05) is 0 Å². The Labute approximate surface area is 108 Å². The molecule has 0 aliphatic carbocycles. The predicted octanol–water partition coefficient (Wildman–Crippen LogP) is -0.650. The number of rotatable bonds is 6. The predicted molar refractivity (Wildman–Crippen MR) is 67.1 cm³/mol. The van der Waals surface area contributed by atoms with Crippen LogP contribution in [0.1, 0.15) is 19.3 Å². The molecule has 6 heteroatoms. The van der Waals surface area contributed by atoms with Gasteiger partial charge in [0.05, 0.1) is 11.6 Å². The van der Waals surface area contributed by atoms with Crippen LogP contribution in [0, 0.1) is 0 Å². The van der Waals surface area contributed by atoms with Crippen LogP contribution >= 0.6 is 0 Å². The smallest absolute Gasteiger partial charge is 0.239 e. The van der Waals surface area contributed by atoms with Gasteiger partial charge in [-0.05, 0) is 6.42 Å². The van der Waals surface area contributed by atoms with Crippen molar-refractivity contribution >= 4 is 5.91 Å². The van der Waals surface area contributed by atoms with E-state index in [1.165, 1.54) is 4.90 Å². The van der Waals surface area contributed by atoms with Crippen LogP contribution in [0.3, 0.4) is 0 Å². The Morgan fingerprint density at radius 3 is 2.72 bits per heavy atom. The molecule has 106 valence electrons. The molecule has 6 nitrogen and oxygen atoms in total. The van der Waals surface area contributed by atoms with E-state index in [2.05, 4.69) is 0 Å². The van der Waals surface area contributed by atoms with Gasteiger partial charge in [-0.2, -0.15) is 0 Å². The van der Waals surface area contributed by atoms with E-state index in [9.17, 15) is 9.90 Å². The van der Waals surface area contributed by atoms with Gasteiger partial charge in [0.25, 0.3) is 0 Å². The molecular weight excluding hydrogens is 236 g/mol. The molecule has 1 aliphatic rings. The van der Waals surface area contributed by atoms with Crippen molar-refractivity contribution in [2.24, 2.45) is 5.73 Å². The summed E-state index contributed by atoms with van der Waals surface area (Å²) in [6, 6.07) is -0.571. The molecule has 0 bridgehead atoms. The molecule has 0 spiro atoms. The number of hydrogen-bond donors (Lipinski definition) is 2. The van der Waals surface area contributed by atoms with Crippen molar-refractivity contribution in [3.05, 3.63) is 0 Å². The first-order valence-corrected chi connectivity index (χ1v) is 6.28. The molecule has 0 saturated carbocycles. The van der Waals surface area contributed by atoms with Gasteiger partial charge in [-0.25, -0.2) is 0 Å². The third kappa shape index (κ3) is 4.53. The number of carbonyl (C=O) groups excluding carboxylic acids is 1. The maximum atomic E-state index is 12.0. The molecule has 1 rings (SSSR count). The Morgan fingerprint density at radius 1 is 1.56 bits per heavy atom. The molecule has 1 saturated heterocycles. The second kappa shape index (κ2) is 7.04. The van der Waals surface area contributed by atoms with Gasteiger partial charge in [0.15, 0.2) is 0 Å². The molecular formula is C12H24N2O4. The summed E-state index contributed by atoms with van der Waals surface area (Å²) in [4.78, 5) is 13.5. The number of nitrogens with two attached hydrogens (primary N) is 1. The van der Waals surface area contributed by atoms with Crippen molar-refractivity contribution in [3.63, 3.8) is 0 Å². The number of nitrogens with zero attached hydrogens (tertiary/aromatic N) is 1. The Kier molecular flexibility index (Phi) is 6.01. The third-order valence-corrected chi connectivity index (χ3v) is 3.28. The average Bonchev–Trinajstić information content (AvgIpc) is 2.35. The fraction of sp³-hybridized carbons (Fsp3) is 0.917. The van der Waals surface area contributed by atoms with Crippen LogP contribution in [0.25, 0.3) is 0 Å². The molecule has 1 aliphatic heterocycles. The highest BCUT2D eigenvalue weighted by Gasteiger charge is 2.33. The standard InChI is InChI=1S/C12H24N2O4/c1-14(11(15)10(13)3-6-17-2)9-12(16)4-7-18-8-5-12/h10,16H,3-9,13H2,1-2H3. The fourth-order valence-electron chi connectivity index (χ4n) is 2.08. The molecule has 1 unspecified atom stereocenters. The molecule has 0 aromatic rings. The molecule has 0 aromatic heterocycles. The van der Waals surface area contributed by atoms with Gasteiger partial charge in [0.1, 0.15) is 0 Å². The zero-order valence-corrected chi connectivity index (χ0v) is 11.2. The number of ether oxygens (including phenoxy) is 2. The lowest BCUT2D eigenvalue weighted by molar-refractivity contribution is -0.138. The van der Waals surface area contributed by atoms with Crippen LogP contribution in [0.4, 0.5) is 0 Å². The van der Waals surface area contributed by atoms with E-state index in [4.69, 9.17) is 15.2 Å². The van der Waals surface area contributed by atoms with Crippen LogP contribution in [0.5, 0.6) is 0 Å². The lowest BCUT2D eigenvalue weighted by atomic mass is 9.93. The van der Waals surface area contributed by atoms with Gasteiger partial charge >= 0.3 is 0 Å². The van der Waals surface area contributed by atoms with Crippen molar-refractivity contribution in [3.8, 4) is 0 Å². The normalized spacial score (nSPS) is 20.4. The number of methoxy groups -OCH3 is 1. The van der Waals surface area contributed by atoms with Crippen molar-refractivity contribution in [1.82, 2.24) is 4.90 Å². The first-order valence-electron chi connectivity index (χ1n) is 6.28. The van der Waals surface area contributed by atoms with Gasteiger partial charge in [-0.1, -0.05) is 0 Å². The van der Waals surface area contributed by atoms with E-state index < -0.39 is 11.6 Å². The van der Waals surface area contributed by atoms with Crippen LogP contribution in [-0.2, 0) is 14.3 Å². The van der Waals surface area contributed by atoms with Crippen LogP contribution in [-0.4, -0.2) is 68.1 Å². The second-order valence-corrected chi connectivity index (χ2v) is 4.92. The van der Waals surface area contributed by atoms with E-state index in [0.717, 1.165) is 0 Å². The second-order valence-electron chi connectivity index (χ2n) is 4.92. The van der Waals surface area contributed by atoms with Gasteiger partial charge < -0.3 is 25.2 Å². The summed E-state index contributed by atoms with van der Waals surface area (Å²) < 4.78 is 10.1. The highest BCUT2D eigenvalue weighted by molar-refractivity contribution is 5.81. The maximum absolute atomic E-state index is 12.0. The molecule has 18 heavy (non-hydrogen) atoms. The van der Waals surface area contributed by atoms with Gasteiger partial charge in [0.2, 0.25) is 5.91 Å². The molecule has 1 fully saturated rings. The number of carbonyl (C=O) groups is 1. The first kappa shape index (κ1) is 15.4. The number of aliphatic hydroxyl groups is 1. The summed E-state index contributed by atoms with van der Waals surface area (Å²) in [7, 11) is 3.24. The Balaban J connectivity index is 2.43.